The van der Waals surface area contributed by atoms with Crippen LogP contribution < -0.4 is 10.6 Å². The molecule has 2 atom stereocenters. The minimum absolute atomic E-state index is 0.180. The third-order valence-corrected chi connectivity index (χ3v) is 4.23. The molecular weight excluding hydrogens is 390 g/mol. The number of amides is 2. The minimum Gasteiger partial charge on any atom is -0.451 e. The highest BCUT2D eigenvalue weighted by Gasteiger charge is 2.29. The second-order valence-corrected chi connectivity index (χ2v) is 6.94. The molecule has 0 saturated carbocycles. The number of hydrogen-bond donors (Lipinski definition) is 2. The molecule has 0 aromatic heterocycles. The quantitative estimate of drug-likeness (QED) is 0.389. The maximum Gasteiger partial charge on any atom is 0.329 e. The molecule has 0 aliphatic heterocycles. The lowest BCUT2D eigenvalue weighted by Gasteiger charge is -2.23. The van der Waals surface area contributed by atoms with Gasteiger partial charge < -0.3 is 15.4 Å². The van der Waals surface area contributed by atoms with Crippen LogP contribution in [0.3, 0.4) is 0 Å². The summed E-state index contributed by atoms with van der Waals surface area (Å²) in [4.78, 5) is 47.5. The monoisotopic (exact) mass is 413 g/mol. The summed E-state index contributed by atoms with van der Waals surface area (Å²) in [6.45, 7) is 4.86. The molecule has 2 amide bonds. The number of carbonyl (C=O) groups excluding carboxylic acids is 3. The van der Waals surface area contributed by atoms with Crippen LogP contribution in [0.4, 0.5) is 11.4 Å². The second kappa shape index (κ2) is 10.1. The van der Waals surface area contributed by atoms with Crippen LogP contribution in [-0.4, -0.2) is 34.9 Å². The van der Waals surface area contributed by atoms with Crippen LogP contribution in [0.2, 0.25) is 0 Å². The lowest BCUT2D eigenvalue weighted by molar-refractivity contribution is -0.384. The van der Waals surface area contributed by atoms with Crippen molar-refractivity contribution in [2.75, 3.05) is 5.32 Å². The van der Waals surface area contributed by atoms with E-state index in [4.69, 9.17) is 4.74 Å². The SMILES string of the molecule is CC(C)[C@H](NC(=O)c1ccccc1)C(=O)O[C@H](C)C(=O)Nc1cccc([N+](=O)[O-])c1. The molecular formula is C21H23N3O6. The van der Waals surface area contributed by atoms with Crippen molar-refractivity contribution in [3.8, 4) is 0 Å². The van der Waals surface area contributed by atoms with E-state index < -0.39 is 34.9 Å². The van der Waals surface area contributed by atoms with E-state index in [0.29, 0.717) is 5.56 Å². The van der Waals surface area contributed by atoms with Gasteiger partial charge in [0.05, 0.1) is 4.92 Å². The topological polar surface area (TPSA) is 128 Å². The van der Waals surface area contributed by atoms with Gasteiger partial charge in [-0.05, 0) is 31.0 Å². The standard InChI is InChI=1S/C21H23N3O6/c1-13(2)18(23-20(26)15-8-5-4-6-9-15)21(27)30-14(3)19(25)22-16-10-7-11-17(12-16)24(28)29/h4-14,18H,1-3H3,(H,22,25)(H,23,26)/t14-,18+/m1/s1. The summed E-state index contributed by atoms with van der Waals surface area (Å²) >= 11 is 0. The summed E-state index contributed by atoms with van der Waals surface area (Å²) in [5.74, 6) is -2.12. The summed E-state index contributed by atoms with van der Waals surface area (Å²) in [5, 5.41) is 15.9. The molecule has 0 radical (unpaired) electrons. The Kier molecular flexibility index (Phi) is 7.62. The fourth-order valence-electron chi connectivity index (χ4n) is 2.55. The normalized spacial score (nSPS) is 12.5. The van der Waals surface area contributed by atoms with Gasteiger partial charge in [0.25, 0.3) is 17.5 Å². The van der Waals surface area contributed by atoms with Crippen molar-refractivity contribution in [2.24, 2.45) is 5.92 Å². The molecule has 0 spiro atoms. The van der Waals surface area contributed by atoms with Gasteiger partial charge in [-0.1, -0.05) is 38.1 Å². The summed E-state index contributed by atoms with van der Waals surface area (Å²) in [6, 6.07) is 12.9. The zero-order chi connectivity index (χ0) is 22.3. The van der Waals surface area contributed by atoms with Gasteiger partial charge in [0, 0.05) is 23.4 Å². The van der Waals surface area contributed by atoms with Gasteiger partial charge in [-0.15, -0.1) is 0 Å². The number of non-ortho nitro benzene ring substituents is 1. The molecule has 0 aliphatic carbocycles. The second-order valence-electron chi connectivity index (χ2n) is 6.94. The number of esters is 1. The van der Waals surface area contributed by atoms with Crippen LogP contribution in [-0.2, 0) is 14.3 Å². The molecule has 2 aromatic carbocycles. The molecule has 0 heterocycles. The maximum absolute atomic E-state index is 12.6. The zero-order valence-electron chi connectivity index (χ0n) is 16.8. The predicted molar refractivity (Wildman–Crippen MR) is 110 cm³/mol. The van der Waals surface area contributed by atoms with Crippen molar-refractivity contribution in [3.63, 3.8) is 0 Å². The van der Waals surface area contributed by atoms with E-state index in [1.54, 1.807) is 44.2 Å². The predicted octanol–water partition coefficient (Wildman–Crippen LogP) is 2.92. The fraction of sp³-hybridized carbons (Fsp3) is 0.286. The summed E-state index contributed by atoms with van der Waals surface area (Å²) < 4.78 is 5.22. The number of nitro groups is 1. The largest absolute Gasteiger partial charge is 0.451 e. The van der Waals surface area contributed by atoms with Crippen molar-refractivity contribution < 1.29 is 24.0 Å². The van der Waals surface area contributed by atoms with Gasteiger partial charge in [-0.2, -0.15) is 0 Å². The van der Waals surface area contributed by atoms with Gasteiger partial charge in [0.2, 0.25) is 0 Å². The minimum atomic E-state index is -1.17. The lowest BCUT2D eigenvalue weighted by atomic mass is 10.0. The number of rotatable bonds is 8. The van der Waals surface area contributed by atoms with E-state index in [0.717, 1.165) is 0 Å². The molecule has 0 saturated heterocycles. The number of nitrogens with one attached hydrogen (secondary N) is 2. The highest BCUT2D eigenvalue weighted by molar-refractivity contribution is 5.98. The molecule has 9 heteroatoms. The van der Waals surface area contributed by atoms with Crippen molar-refractivity contribution in [1.29, 1.82) is 0 Å². The van der Waals surface area contributed by atoms with Crippen LogP contribution >= 0.6 is 0 Å². The molecule has 0 unspecified atom stereocenters. The van der Waals surface area contributed by atoms with Gasteiger partial charge in [0.15, 0.2) is 6.10 Å². The third-order valence-electron chi connectivity index (χ3n) is 4.23. The van der Waals surface area contributed by atoms with Crippen molar-refractivity contribution in [3.05, 3.63) is 70.3 Å². The summed E-state index contributed by atoms with van der Waals surface area (Å²) in [6.07, 6.45) is -1.17. The van der Waals surface area contributed by atoms with Gasteiger partial charge in [-0.3, -0.25) is 19.7 Å². The van der Waals surface area contributed by atoms with Crippen LogP contribution in [0, 0.1) is 16.0 Å². The first-order valence-corrected chi connectivity index (χ1v) is 9.30. The van der Waals surface area contributed by atoms with Crippen molar-refractivity contribution in [2.45, 2.75) is 32.9 Å². The number of anilines is 1. The molecule has 30 heavy (non-hydrogen) atoms. The van der Waals surface area contributed by atoms with E-state index >= 15 is 0 Å². The molecule has 0 aliphatic rings. The van der Waals surface area contributed by atoms with E-state index in [9.17, 15) is 24.5 Å². The van der Waals surface area contributed by atoms with E-state index in [2.05, 4.69) is 10.6 Å². The molecule has 0 fully saturated rings. The van der Waals surface area contributed by atoms with Crippen molar-refractivity contribution in [1.82, 2.24) is 5.32 Å². The Morgan fingerprint density at radius 1 is 1.00 bits per heavy atom. The molecule has 2 rings (SSSR count). The van der Waals surface area contributed by atoms with E-state index in [1.807, 2.05) is 0 Å². The van der Waals surface area contributed by atoms with Crippen molar-refractivity contribution >= 4 is 29.2 Å². The van der Waals surface area contributed by atoms with Crippen LogP contribution in [0.25, 0.3) is 0 Å². The van der Waals surface area contributed by atoms with E-state index in [1.165, 1.54) is 31.2 Å². The number of hydrogen-bond acceptors (Lipinski definition) is 6. The molecule has 2 aromatic rings. The number of carbonyl (C=O) groups is 3. The zero-order valence-corrected chi connectivity index (χ0v) is 16.8. The van der Waals surface area contributed by atoms with Gasteiger partial charge in [-0.25, -0.2) is 4.79 Å². The Hall–Kier alpha value is -3.75. The molecule has 9 nitrogen and oxygen atoms in total. The van der Waals surface area contributed by atoms with Crippen LogP contribution in [0.5, 0.6) is 0 Å². The number of ether oxygens (including phenoxy) is 1. The highest BCUT2D eigenvalue weighted by Crippen LogP contribution is 2.17. The third kappa shape index (κ3) is 6.13. The molecule has 158 valence electrons. The average molecular weight is 413 g/mol. The first-order valence-electron chi connectivity index (χ1n) is 9.30. The lowest BCUT2D eigenvalue weighted by Crippen LogP contribution is -2.47. The summed E-state index contributed by atoms with van der Waals surface area (Å²) in [7, 11) is 0. The Balaban J connectivity index is 2.00. The Labute approximate surface area is 173 Å². The van der Waals surface area contributed by atoms with E-state index in [-0.39, 0.29) is 17.3 Å². The highest BCUT2D eigenvalue weighted by atomic mass is 16.6. The molecule has 0 bridgehead atoms. The average Bonchev–Trinajstić information content (AvgIpc) is 2.72. The smallest absolute Gasteiger partial charge is 0.329 e. The van der Waals surface area contributed by atoms with Crippen LogP contribution in [0.1, 0.15) is 31.1 Å². The fourth-order valence-corrected chi connectivity index (χ4v) is 2.55. The number of benzene rings is 2. The number of nitrogens with zero attached hydrogens (tertiary/aromatic N) is 1. The molecule has 2 N–H and O–H groups in total. The van der Waals surface area contributed by atoms with Gasteiger partial charge in [0.1, 0.15) is 6.04 Å². The maximum atomic E-state index is 12.6. The van der Waals surface area contributed by atoms with Crippen LogP contribution in [0.15, 0.2) is 54.6 Å². The number of nitro benzene ring substituents is 1. The summed E-state index contributed by atoms with van der Waals surface area (Å²) in [5.41, 5.74) is 0.420. The Bertz CT molecular complexity index is 929. The van der Waals surface area contributed by atoms with Gasteiger partial charge >= 0.3 is 5.97 Å². The first kappa shape index (κ1) is 22.5. The first-order chi connectivity index (χ1) is 14.2. The Morgan fingerprint density at radius 3 is 2.27 bits per heavy atom. The Morgan fingerprint density at radius 2 is 1.67 bits per heavy atom.